The van der Waals surface area contributed by atoms with Crippen LogP contribution in [0.4, 0.5) is 9.59 Å². The van der Waals surface area contributed by atoms with Gasteiger partial charge in [0.1, 0.15) is 6.17 Å². The van der Waals surface area contributed by atoms with Crippen LogP contribution in [-0.2, 0) is 0 Å². The molecule has 1 atom stereocenters. The van der Waals surface area contributed by atoms with Crippen LogP contribution in [0.5, 0.6) is 0 Å². The van der Waals surface area contributed by atoms with Crippen LogP contribution in [0.3, 0.4) is 0 Å². The second kappa shape index (κ2) is 6.99. The number of carbonyl (C=O) groups excluding carboxylic acids is 1. The molecule has 0 aromatic heterocycles. The van der Waals surface area contributed by atoms with Crippen LogP contribution in [0.1, 0.15) is 26.2 Å². The monoisotopic (exact) mass is 203 g/mol. The second-order valence-corrected chi connectivity index (χ2v) is 2.87. The van der Waals surface area contributed by atoms with E-state index in [1.807, 2.05) is 6.92 Å². The van der Waals surface area contributed by atoms with Gasteiger partial charge in [-0.3, -0.25) is 0 Å². The first-order valence-electron chi connectivity index (χ1n) is 4.57. The lowest BCUT2D eigenvalue weighted by Crippen LogP contribution is -2.50. The fourth-order valence-electron chi connectivity index (χ4n) is 0.968. The van der Waals surface area contributed by atoms with Crippen LogP contribution in [0, 0.1) is 0 Å². The van der Waals surface area contributed by atoms with E-state index in [1.165, 1.54) is 7.05 Å². The summed E-state index contributed by atoms with van der Waals surface area (Å²) in [4.78, 5) is 21.3. The van der Waals surface area contributed by atoms with E-state index in [-0.39, 0.29) is 6.03 Å². The third-order valence-corrected chi connectivity index (χ3v) is 1.68. The van der Waals surface area contributed by atoms with E-state index in [0.717, 1.165) is 12.8 Å². The van der Waals surface area contributed by atoms with Gasteiger partial charge in [0.25, 0.3) is 0 Å². The Kier molecular flexibility index (Phi) is 6.26. The van der Waals surface area contributed by atoms with E-state index in [0.29, 0.717) is 6.42 Å². The Hall–Kier alpha value is -1.46. The summed E-state index contributed by atoms with van der Waals surface area (Å²) in [5.74, 6) is 0. The molecule has 0 aliphatic heterocycles. The molecule has 3 amide bonds. The van der Waals surface area contributed by atoms with Gasteiger partial charge in [-0.15, -0.1) is 0 Å². The van der Waals surface area contributed by atoms with Gasteiger partial charge in [0.15, 0.2) is 0 Å². The molecule has 14 heavy (non-hydrogen) atoms. The molecule has 0 aliphatic rings. The molecule has 0 aromatic rings. The molecule has 0 saturated heterocycles. The molecule has 0 heterocycles. The molecule has 0 radical (unpaired) electrons. The predicted molar refractivity (Wildman–Crippen MR) is 52.1 cm³/mol. The Morgan fingerprint density at radius 1 is 1.36 bits per heavy atom. The van der Waals surface area contributed by atoms with Gasteiger partial charge in [-0.1, -0.05) is 13.3 Å². The number of urea groups is 1. The van der Waals surface area contributed by atoms with Gasteiger partial charge in [-0.05, 0) is 12.8 Å². The average molecular weight is 203 g/mol. The lowest BCUT2D eigenvalue weighted by molar-refractivity contribution is 0.185. The van der Waals surface area contributed by atoms with E-state index in [9.17, 15) is 9.59 Å². The van der Waals surface area contributed by atoms with Crippen LogP contribution < -0.4 is 16.0 Å². The largest absolute Gasteiger partial charge is 0.465 e. The van der Waals surface area contributed by atoms with Crippen LogP contribution in [0.25, 0.3) is 0 Å². The summed E-state index contributed by atoms with van der Waals surface area (Å²) < 4.78 is 0. The Balaban J connectivity index is 3.96. The highest BCUT2D eigenvalue weighted by molar-refractivity contribution is 5.74. The number of hydrogen-bond acceptors (Lipinski definition) is 2. The number of nitrogens with one attached hydrogen (secondary N) is 3. The molecule has 1 unspecified atom stereocenters. The van der Waals surface area contributed by atoms with E-state index >= 15 is 0 Å². The molecule has 6 heteroatoms. The maximum absolute atomic E-state index is 10.9. The summed E-state index contributed by atoms with van der Waals surface area (Å²) in [5.41, 5.74) is 0. The number of rotatable bonds is 5. The normalized spacial score (nSPS) is 11.6. The molecule has 0 saturated carbocycles. The SMILES string of the molecule is CCCCC(NC(=O)O)NC(=O)NC. The molecule has 0 rings (SSSR count). The smallest absolute Gasteiger partial charge is 0.406 e. The fraction of sp³-hybridized carbons (Fsp3) is 0.750. The zero-order valence-corrected chi connectivity index (χ0v) is 8.46. The number of carboxylic acid groups (broad SMARTS) is 1. The standard InChI is InChI=1S/C8H17N3O3/c1-3-4-5-6(11-8(13)14)10-7(12)9-2/h6,11H,3-5H2,1-2H3,(H,13,14)(H2,9,10,12). The first-order chi connectivity index (χ1) is 6.60. The summed E-state index contributed by atoms with van der Waals surface area (Å²) in [6, 6.07) is -0.389. The molecule has 4 N–H and O–H groups in total. The third kappa shape index (κ3) is 6.10. The number of carbonyl (C=O) groups is 2. The van der Waals surface area contributed by atoms with E-state index in [4.69, 9.17) is 5.11 Å². The molecule has 82 valence electrons. The van der Waals surface area contributed by atoms with Crippen LogP contribution in [0.15, 0.2) is 0 Å². The lowest BCUT2D eigenvalue weighted by Gasteiger charge is -2.17. The predicted octanol–water partition coefficient (Wildman–Crippen LogP) is 0.699. The first kappa shape index (κ1) is 12.5. The zero-order valence-electron chi connectivity index (χ0n) is 8.46. The molecular weight excluding hydrogens is 186 g/mol. The molecule has 0 spiro atoms. The summed E-state index contributed by atoms with van der Waals surface area (Å²) in [6.07, 6.45) is 0.744. The quantitative estimate of drug-likeness (QED) is 0.496. The first-order valence-corrected chi connectivity index (χ1v) is 4.57. The maximum atomic E-state index is 10.9. The van der Waals surface area contributed by atoms with Crippen molar-refractivity contribution >= 4 is 12.1 Å². The van der Waals surface area contributed by atoms with Crippen LogP contribution in [0.2, 0.25) is 0 Å². The van der Waals surface area contributed by atoms with Gasteiger partial charge in [0, 0.05) is 7.05 Å². The second-order valence-electron chi connectivity index (χ2n) is 2.87. The number of unbranched alkanes of at least 4 members (excludes halogenated alkanes) is 1. The van der Waals surface area contributed by atoms with Crippen LogP contribution >= 0.6 is 0 Å². The Morgan fingerprint density at radius 2 is 2.00 bits per heavy atom. The Morgan fingerprint density at radius 3 is 2.43 bits per heavy atom. The molecule has 6 nitrogen and oxygen atoms in total. The van der Waals surface area contributed by atoms with Crippen molar-refractivity contribution in [1.82, 2.24) is 16.0 Å². The van der Waals surface area contributed by atoms with Gasteiger partial charge in [0.05, 0.1) is 0 Å². The highest BCUT2D eigenvalue weighted by atomic mass is 16.4. The summed E-state index contributed by atoms with van der Waals surface area (Å²) in [6.45, 7) is 2.00. The summed E-state index contributed by atoms with van der Waals surface area (Å²) in [5, 5.41) is 15.6. The van der Waals surface area contributed by atoms with Gasteiger partial charge < -0.3 is 21.1 Å². The Bertz CT molecular complexity index is 196. The molecule has 0 aliphatic carbocycles. The lowest BCUT2D eigenvalue weighted by atomic mass is 10.2. The minimum absolute atomic E-state index is 0.389. The zero-order chi connectivity index (χ0) is 11.0. The summed E-state index contributed by atoms with van der Waals surface area (Å²) >= 11 is 0. The topological polar surface area (TPSA) is 90.5 Å². The Labute approximate surface area is 83.1 Å². The highest BCUT2D eigenvalue weighted by Gasteiger charge is 2.12. The number of hydrogen-bond donors (Lipinski definition) is 4. The van der Waals surface area contributed by atoms with Crippen molar-refractivity contribution in [2.75, 3.05) is 7.05 Å². The highest BCUT2D eigenvalue weighted by Crippen LogP contribution is 1.97. The fourth-order valence-corrected chi connectivity index (χ4v) is 0.968. The average Bonchev–Trinajstić information content (AvgIpc) is 2.13. The third-order valence-electron chi connectivity index (χ3n) is 1.68. The van der Waals surface area contributed by atoms with E-state index in [1.54, 1.807) is 0 Å². The van der Waals surface area contributed by atoms with Gasteiger partial charge >= 0.3 is 12.1 Å². The summed E-state index contributed by atoms with van der Waals surface area (Å²) in [7, 11) is 1.48. The molecular formula is C8H17N3O3. The minimum atomic E-state index is -1.14. The van der Waals surface area contributed by atoms with Gasteiger partial charge in [0.2, 0.25) is 0 Å². The molecule has 0 fully saturated rings. The van der Waals surface area contributed by atoms with Crippen LogP contribution in [-0.4, -0.2) is 30.4 Å². The van der Waals surface area contributed by atoms with Gasteiger partial charge in [-0.25, -0.2) is 9.59 Å². The van der Waals surface area contributed by atoms with E-state index < -0.39 is 12.3 Å². The van der Waals surface area contributed by atoms with E-state index in [2.05, 4.69) is 16.0 Å². The van der Waals surface area contributed by atoms with Crippen molar-refractivity contribution in [1.29, 1.82) is 0 Å². The number of amides is 3. The molecule has 0 bridgehead atoms. The maximum Gasteiger partial charge on any atom is 0.406 e. The van der Waals surface area contributed by atoms with Crippen molar-refractivity contribution in [3.63, 3.8) is 0 Å². The van der Waals surface area contributed by atoms with Crippen molar-refractivity contribution in [3.8, 4) is 0 Å². The van der Waals surface area contributed by atoms with Gasteiger partial charge in [-0.2, -0.15) is 0 Å². The van der Waals surface area contributed by atoms with Crippen molar-refractivity contribution < 1.29 is 14.7 Å². The van der Waals surface area contributed by atoms with Crippen molar-refractivity contribution in [3.05, 3.63) is 0 Å². The van der Waals surface area contributed by atoms with Crippen molar-refractivity contribution in [2.45, 2.75) is 32.4 Å². The molecule has 0 aromatic carbocycles. The minimum Gasteiger partial charge on any atom is -0.465 e. The van der Waals surface area contributed by atoms with Crippen molar-refractivity contribution in [2.24, 2.45) is 0 Å².